The fraction of sp³-hybridized carbons (Fsp3) is 0.0500. The Hall–Kier alpha value is -2.87. The maximum Gasteiger partial charge on any atom is 0.142 e. The molecule has 22 heavy (non-hydrogen) atoms. The van der Waals surface area contributed by atoms with E-state index in [2.05, 4.69) is 24.3 Å². The van der Waals surface area contributed by atoms with E-state index in [1.165, 1.54) is 16.8 Å². The van der Waals surface area contributed by atoms with Crippen LogP contribution in [0.25, 0.3) is 16.8 Å². The lowest BCUT2D eigenvalue weighted by molar-refractivity contribution is -0.104. The van der Waals surface area contributed by atoms with Crippen molar-refractivity contribution in [2.75, 3.05) is 0 Å². The third kappa shape index (κ3) is 3.07. The van der Waals surface area contributed by atoms with Gasteiger partial charge < -0.3 is 4.74 Å². The quantitative estimate of drug-likeness (QED) is 0.505. The van der Waals surface area contributed by atoms with Crippen molar-refractivity contribution in [3.8, 4) is 5.75 Å². The number of allylic oxidation sites excluding steroid dienone is 1. The standard InChI is InChI=1S/C20H16O2/c21-14-6-11-17-8-2-4-13-20(17)22-15-18-10-5-9-16-7-1-3-12-19(16)18/h1-14H,15H2/b11-6+. The highest BCUT2D eigenvalue weighted by Crippen LogP contribution is 2.23. The molecule has 0 atom stereocenters. The van der Waals surface area contributed by atoms with Crippen LogP contribution >= 0.6 is 0 Å². The second-order valence-corrected chi connectivity index (χ2v) is 4.96. The van der Waals surface area contributed by atoms with Gasteiger partial charge in [-0.1, -0.05) is 60.7 Å². The monoisotopic (exact) mass is 288 g/mol. The third-order valence-electron chi connectivity index (χ3n) is 3.54. The van der Waals surface area contributed by atoms with Gasteiger partial charge in [0.25, 0.3) is 0 Å². The van der Waals surface area contributed by atoms with E-state index in [9.17, 15) is 4.79 Å². The maximum atomic E-state index is 10.5. The first-order valence-electron chi connectivity index (χ1n) is 7.19. The van der Waals surface area contributed by atoms with Crippen LogP contribution in [-0.2, 0) is 11.4 Å². The molecular formula is C20H16O2. The van der Waals surface area contributed by atoms with Crippen molar-refractivity contribution in [2.24, 2.45) is 0 Å². The lowest BCUT2D eigenvalue weighted by atomic mass is 10.1. The molecule has 0 aliphatic carbocycles. The predicted octanol–water partition coefficient (Wildman–Crippen LogP) is 4.63. The molecule has 0 saturated carbocycles. The molecule has 0 heterocycles. The van der Waals surface area contributed by atoms with Crippen molar-refractivity contribution < 1.29 is 9.53 Å². The molecule has 2 heteroatoms. The van der Waals surface area contributed by atoms with Crippen LogP contribution in [0.2, 0.25) is 0 Å². The number of aldehydes is 1. The highest BCUT2D eigenvalue weighted by atomic mass is 16.5. The van der Waals surface area contributed by atoms with Crippen molar-refractivity contribution in [3.05, 3.63) is 83.9 Å². The number of hydrogen-bond acceptors (Lipinski definition) is 2. The molecule has 0 saturated heterocycles. The second-order valence-electron chi connectivity index (χ2n) is 4.96. The van der Waals surface area contributed by atoms with Crippen molar-refractivity contribution in [1.29, 1.82) is 0 Å². The van der Waals surface area contributed by atoms with Crippen LogP contribution in [0.15, 0.2) is 72.8 Å². The van der Waals surface area contributed by atoms with Gasteiger partial charge in [0.1, 0.15) is 18.6 Å². The summed E-state index contributed by atoms with van der Waals surface area (Å²) in [7, 11) is 0. The molecule has 2 nitrogen and oxygen atoms in total. The van der Waals surface area contributed by atoms with Crippen LogP contribution in [0.5, 0.6) is 5.75 Å². The molecule has 0 fully saturated rings. The molecule has 0 amide bonds. The Labute approximate surface area is 129 Å². The van der Waals surface area contributed by atoms with Gasteiger partial charge in [-0.3, -0.25) is 4.79 Å². The molecule has 0 aliphatic rings. The van der Waals surface area contributed by atoms with E-state index < -0.39 is 0 Å². The van der Waals surface area contributed by atoms with Crippen LogP contribution in [0.1, 0.15) is 11.1 Å². The number of benzene rings is 3. The molecule has 3 aromatic carbocycles. The lowest BCUT2D eigenvalue weighted by Crippen LogP contribution is -1.97. The second kappa shape index (κ2) is 6.72. The molecule has 0 spiro atoms. The summed E-state index contributed by atoms with van der Waals surface area (Å²) in [6.45, 7) is 0.493. The molecule has 3 aromatic rings. The smallest absolute Gasteiger partial charge is 0.142 e. The van der Waals surface area contributed by atoms with Gasteiger partial charge in [0.05, 0.1) is 0 Å². The summed E-state index contributed by atoms with van der Waals surface area (Å²) in [5, 5.41) is 2.41. The van der Waals surface area contributed by atoms with Crippen LogP contribution < -0.4 is 4.74 Å². The Bertz CT molecular complexity index is 813. The Kier molecular flexibility index (Phi) is 4.30. The summed E-state index contributed by atoms with van der Waals surface area (Å²) in [6.07, 6.45) is 3.99. The zero-order valence-corrected chi connectivity index (χ0v) is 12.1. The Morgan fingerprint density at radius 3 is 2.55 bits per heavy atom. The van der Waals surface area contributed by atoms with Gasteiger partial charge in [0.2, 0.25) is 0 Å². The number of para-hydroxylation sites is 1. The van der Waals surface area contributed by atoms with Crippen molar-refractivity contribution in [1.82, 2.24) is 0 Å². The number of hydrogen-bond donors (Lipinski definition) is 0. The van der Waals surface area contributed by atoms with Gasteiger partial charge in [-0.05, 0) is 34.6 Å². The summed E-state index contributed by atoms with van der Waals surface area (Å²) < 4.78 is 5.96. The van der Waals surface area contributed by atoms with Gasteiger partial charge in [-0.15, -0.1) is 0 Å². The van der Waals surface area contributed by atoms with Gasteiger partial charge in [-0.25, -0.2) is 0 Å². The molecule has 3 rings (SSSR count). The number of ether oxygens (including phenoxy) is 1. The first-order valence-corrected chi connectivity index (χ1v) is 7.19. The van der Waals surface area contributed by atoms with Crippen LogP contribution in [0, 0.1) is 0 Å². The molecule has 0 aromatic heterocycles. The molecule has 108 valence electrons. The largest absolute Gasteiger partial charge is 0.488 e. The van der Waals surface area contributed by atoms with Crippen molar-refractivity contribution in [2.45, 2.75) is 6.61 Å². The molecule has 0 aliphatic heterocycles. The summed E-state index contributed by atoms with van der Waals surface area (Å²) in [4.78, 5) is 10.5. The van der Waals surface area contributed by atoms with E-state index in [1.54, 1.807) is 6.08 Å². The summed E-state index contributed by atoms with van der Waals surface area (Å²) in [5.41, 5.74) is 2.04. The summed E-state index contributed by atoms with van der Waals surface area (Å²) in [5.74, 6) is 0.772. The van der Waals surface area contributed by atoms with Crippen LogP contribution in [0.4, 0.5) is 0 Å². The van der Waals surface area contributed by atoms with Crippen molar-refractivity contribution >= 4 is 23.1 Å². The van der Waals surface area contributed by atoms with Gasteiger partial charge in [0.15, 0.2) is 0 Å². The average Bonchev–Trinajstić information content (AvgIpc) is 2.59. The topological polar surface area (TPSA) is 26.3 Å². The Morgan fingerprint density at radius 2 is 1.64 bits per heavy atom. The van der Waals surface area contributed by atoms with Crippen molar-refractivity contribution in [3.63, 3.8) is 0 Å². The van der Waals surface area contributed by atoms with Gasteiger partial charge in [-0.2, -0.15) is 0 Å². The van der Waals surface area contributed by atoms with Crippen LogP contribution in [-0.4, -0.2) is 6.29 Å². The molecule has 0 bridgehead atoms. The predicted molar refractivity (Wildman–Crippen MR) is 89.8 cm³/mol. The number of rotatable bonds is 5. The lowest BCUT2D eigenvalue weighted by Gasteiger charge is -2.11. The van der Waals surface area contributed by atoms with E-state index in [0.717, 1.165) is 23.2 Å². The molecule has 0 unspecified atom stereocenters. The van der Waals surface area contributed by atoms with E-state index in [4.69, 9.17) is 4.74 Å². The molecular weight excluding hydrogens is 272 g/mol. The van der Waals surface area contributed by atoms with E-state index in [1.807, 2.05) is 42.5 Å². The fourth-order valence-electron chi connectivity index (χ4n) is 2.47. The minimum absolute atomic E-state index is 0.493. The van der Waals surface area contributed by atoms with Crippen LogP contribution in [0.3, 0.4) is 0 Å². The zero-order chi connectivity index (χ0) is 15.2. The minimum Gasteiger partial charge on any atom is -0.488 e. The SMILES string of the molecule is O=C/C=C/c1ccccc1OCc1cccc2ccccc12. The molecule has 0 radical (unpaired) electrons. The van der Waals surface area contributed by atoms with E-state index in [0.29, 0.717) is 6.61 Å². The Morgan fingerprint density at radius 1 is 0.864 bits per heavy atom. The summed E-state index contributed by atoms with van der Waals surface area (Å²) in [6, 6.07) is 22.2. The highest BCUT2D eigenvalue weighted by molar-refractivity contribution is 5.85. The fourth-order valence-corrected chi connectivity index (χ4v) is 2.47. The first-order chi connectivity index (χ1) is 10.9. The minimum atomic E-state index is 0.493. The Balaban J connectivity index is 1.86. The zero-order valence-electron chi connectivity index (χ0n) is 12.1. The number of carbonyl (C=O) groups is 1. The van der Waals surface area contributed by atoms with Gasteiger partial charge in [0, 0.05) is 5.56 Å². The highest BCUT2D eigenvalue weighted by Gasteiger charge is 2.03. The summed E-state index contributed by atoms with van der Waals surface area (Å²) >= 11 is 0. The number of carbonyl (C=O) groups excluding carboxylic acids is 1. The average molecular weight is 288 g/mol. The number of fused-ring (bicyclic) bond motifs is 1. The third-order valence-corrected chi connectivity index (χ3v) is 3.54. The molecule has 0 N–H and O–H groups in total. The van der Waals surface area contributed by atoms with Gasteiger partial charge >= 0.3 is 0 Å². The maximum absolute atomic E-state index is 10.5. The normalized spacial score (nSPS) is 10.9. The first kappa shape index (κ1) is 14.1. The van der Waals surface area contributed by atoms with E-state index >= 15 is 0 Å². The van der Waals surface area contributed by atoms with E-state index in [-0.39, 0.29) is 0 Å².